The van der Waals surface area contributed by atoms with Gasteiger partial charge in [0.2, 0.25) is 0 Å². The number of fused-ring (bicyclic) bond motifs is 2. The minimum absolute atomic E-state index is 0.105. The summed E-state index contributed by atoms with van der Waals surface area (Å²) in [4.78, 5) is 12.2. The second kappa shape index (κ2) is 5.20. The molecule has 3 aliphatic rings. The third kappa shape index (κ3) is 1.71. The lowest BCUT2D eigenvalue weighted by atomic mass is 9.52. The fraction of sp³-hybridized carbons (Fsp3) is 0.833. The van der Waals surface area contributed by atoms with E-state index in [1.807, 2.05) is 0 Å². The molecule has 0 heterocycles. The van der Waals surface area contributed by atoms with Gasteiger partial charge in [0.15, 0.2) is 0 Å². The lowest BCUT2D eigenvalue weighted by molar-refractivity contribution is -0.133. The number of carbonyl (C=O) groups excluding carboxylic acids is 1. The molecule has 118 valence electrons. The zero-order valence-corrected chi connectivity index (χ0v) is 13.3. The number of carbonyl (C=O) groups is 1. The van der Waals surface area contributed by atoms with Crippen molar-refractivity contribution in [2.45, 2.75) is 51.6 Å². The number of ether oxygens (including phenoxy) is 1. The highest BCUT2D eigenvalue weighted by atomic mass is 16.5. The van der Waals surface area contributed by atoms with Crippen molar-refractivity contribution >= 4 is 6.29 Å². The van der Waals surface area contributed by atoms with Crippen LogP contribution < -0.4 is 0 Å². The summed E-state index contributed by atoms with van der Waals surface area (Å²) in [5, 5.41) is 9.70. The Morgan fingerprint density at radius 1 is 1.38 bits per heavy atom. The van der Waals surface area contributed by atoms with E-state index >= 15 is 0 Å². The predicted molar refractivity (Wildman–Crippen MR) is 81.8 cm³/mol. The molecule has 3 aliphatic carbocycles. The number of hydrogen-bond donors (Lipinski definition) is 1. The smallest absolute Gasteiger partial charge is 0.129 e. The van der Waals surface area contributed by atoms with E-state index in [1.165, 1.54) is 37.7 Å². The topological polar surface area (TPSA) is 46.5 Å². The van der Waals surface area contributed by atoms with Crippen LogP contribution >= 0.6 is 0 Å². The van der Waals surface area contributed by atoms with Gasteiger partial charge in [-0.3, -0.25) is 0 Å². The molecule has 0 aromatic rings. The first-order valence-corrected chi connectivity index (χ1v) is 8.36. The van der Waals surface area contributed by atoms with Crippen molar-refractivity contribution in [2.24, 2.45) is 28.6 Å². The van der Waals surface area contributed by atoms with Crippen LogP contribution in [-0.4, -0.2) is 31.2 Å². The minimum atomic E-state index is -0.487. The fourth-order valence-corrected chi connectivity index (χ4v) is 5.96. The quantitative estimate of drug-likeness (QED) is 0.640. The van der Waals surface area contributed by atoms with Crippen LogP contribution in [-0.2, 0) is 9.53 Å². The first-order chi connectivity index (χ1) is 10.1. The summed E-state index contributed by atoms with van der Waals surface area (Å²) < 4.78 is 5.78. The average molecular weight is 292 g/mol. The van der Waals surface area contributed by atoms with E-state index in [1.54, 1.807) is 7.11 Å². The summed E-state index contributed by atoms with van der Waals surface area (Å²) in [6, 6.07) is 0. The van der Waals surface area contributed by atoms with Crippen molar-refractivity contribution in [3.63, 3.8) is 0 Å². The summed E-state index contributed by atoms with van der Waals surface area (Å²) >= 11 is 0. The highest BCUT2D eigenvalue weighted by molar-refractivity contribution is 5.68. The Labute approximate surface area is 127 Å². The Morgan fingerprint density at radius 3 is 2.57 bits per heavy atom. The van der Waals surface area contributed by atoms with E-state index < -0.39 is 5.41 Å². The molecule has 3 fully saturated rings. The molecular formula is C18H28O3. The molecule has 2 bridgehead atoms. The van der Waals surface area contributed by atoms with Gasteiger partial charge in [0, 0.05) is 25.0 Å². The van der Waals surface area contributed by atoms with Crippen molar-refractivity contribution in [3.8, 4) is 0 Å². The SMILES string of the molecule is C=C1[C@H]2[C@H](CO)C[C@](C=O)([C@@H]2OC)[C@]1(C)C1CCCCC1. The zero-order chi connectivity index (χ0) is 15.3. The third-order valence-electron chi connectivity index (χ3n) is 7.10. The van der Waals surface area contributed by atoms with E-state index in [-0.39, 0.29) is 30.0 Å². The number of aldehydes is 1. The van der Waals surface area contributed by atoms with Gasteiger partial charge in [-0.15, -0.1) is 0 Å². The first-order valence-electron chi connectivity index (χ1n) is 8.36. The Balaban J connectivity index is 2.05. The Hall–Kier alpha value is -0.670. The van der Waals surface area contributed by atoms with Gasteiger partial charge in [-0.25, -0.2) is 0 Å². The van der Waals surface area contributed by atoms with Crippen molar-refractivity contribution in [1.29, 1.82) is 0 Å². The third-order valence-corrected chi connectivity index (χ3v) is 7.10. The molecular weight excluding hydrogens is 264 g/mol. The Kier molecular flexibility index (Phi) is 3.77. The molecule has 5 atom stereocenters. The molecule has 0 aromatic carbocycles. The molecule has 0 radical (unpaired) electrons. The molecule has 0 aliphatic heterocycles. The summed E-state index contributed by atoms with van der Waals surface area (Å²) in [5.74, 6) is 0.799. The van der Waals surface area contributed by atoms with Gasteiger partial charge >= 0.3 is 0 Å². The second-order valence-electron chi connectivity index (χ2n) is 7.55. The molecule has 3 rings (SSSR count). The second-order valence-corrected chi connectivity index (χ2v) is 7.55. The fourth-order valence-electron chi connectivity index (χ4n) is 5.96. The van der Waals surface area contributed by atoms with Crippen molar-refractivity contribution < 1.29 is 14.6 Å². The number of aliphatic hydroxyl groups excluding tert-OH is 1. The summed E-state index contributed by atoms with van der Waals surface area (Å²) in [7, 11) is 1.70. The number of methoxy groups -OCH3 is 1. The summed E-state index contributed by atoms with van der Waals surface area (Å²) in [6.07, 6.45) is 8.01. The van der Waals surface area contributed by atoms with Gasteiger partial charge < -0.3 is 14.6 Å². The molecule has 3 nitrogen and oxygen atoms in total. The van der Waals surface area contributed by atoms with Gasteiger partial charge in [0.05, 0.1) is 11.5 Å². The first kappa shape index (κ1) is 15.2. The van der Waals surface area contributed by atoms with E-state index in [0.717, 1.165) is 12.7 Å². The monoisotopic (exact) mass is 292 g/mol. The zero-order valence-electron chi connectivity index (χ0n) is 13.3. The van der Waals surface area contributed by atoms with Gasteiger partial charge in [-0.2, -0.15) is 0 Å². The van der Waals surface area contributed by atoms with Crippen LogP contribution in [0.15, 0.2) is 12.2 Å². The van der Waals surface area contributed by atoms with Crippen LogP contribution in [0, 0.1) is 28.6 Å². The molecule has 0 aromatic heterocycles. The molecule has 21 heavy (non-hydrogen) atoms. The highest BCUT2D eigenvalue weighted by Gasteiger charge is 2.72. The van der Waals surface area contributed by atoms with Gasteiger partial charge in [-0.1, -0.05) is 38.3 Å². The highest BCUT2D eigenvalue weighted by Crippen LogP contribution is 2.71. The Bertz CT molecular complexity index is 440. The van der Waals surface area contributed by atoms with Gasteiger partial charge in [-0.05, 0) is 31.1 Å². The van der Waals surface area contributed by atoms with Gasteiger partial charge in [0.25, 0.3) is 0 Å². The molecule has 0 saturated heterocycles. The standard InChI is InChI=1S/C18H28O3/c1-12-15-13(10-19)9-18(11-20,16(15)21-3)17(12,2)14-7-5-4-6-8-14/h11,13-16,19H,1,4-10H2,2-3H3/t13-,15-,16+,17-,18-/m0/s1. The van der Waals surface area contributed by atoms with Crippen LogP contribution in [0.1, 0.15) is 45.4 Å². The van der Waals surface area contributed by atoms with Crippen LogP contribution in [0.25, 0.3) is 0 Å². The van der Waals surface area contributed by atoms with Crippen LogP contribution in [0.4, 0.5) is 0 Å². The summed E-state index contributed by atoms with van der Waals surface area (Å²) in [5.41, 5.74) is 0.518. The Morgan fingerprint density at radius 2 is 2.05 bits per heavy atom. The molecule has 0 unspecified atom stereocenters. The normalized spacial score (nSPS) is 47.0. The van der Waals surface area contributed by atoms with Crippen LogP contribution in [0.5, 0.6) is 0 Å². The van der Waals surface area contributed by atoms with E-state index in [9.17, 15) is 9.90 Å². The number of aliphatic hydroxyl groups is 1. The lowest BCUT2D eigenvalue weighted by Crippen LogP contribution is -2.49. The van der Waals surface area contributed by atoms with Crippen LogP contribution in [0.2, 0.25) is 0 Å². The maximum atomic E-state index is 12.2. The molecule has 0 amide bonds. The molecule has 0 spiro atoms. The molecule has 3 heteroatoms. The maximum absolute atomic E-state index is 12.2. The summed E-state index contributed by atoms with van der Waals surface area (Å²) in [6.45, 7) is 6.78. The van der Waals surface area contributed by atoms with E-state index in [0.29, 0.717) is 5.92 Å². The van der Waals surface area contributed by atoms with Crippen molar-refractivity contribution in [1.82, 2.24) is 0 Å². The predicted octanol–water partition coefficient (Wildman–Crippen LogP) is 2.97. The number of rotatable bonds is 4. The average Bonchev–Trinajstić information content (AvgIpc) is 2.96. The van der Waals surface area contributed by atoms with Crippen molar-refractivity contribution in [2.75, 3.05) is 13.7 Å². The van der Waals surface area contributed by atoms with Gasteiger partial charge in [0.1, 0.15) is 6.29 Å². The maximum Gasteiger partial charge on any atom is 0.129 e. The van der Waals surface area contributed by atoms with Crippen molar-refractivity contribution in [3.05, 3.63) is 12.2 Å². The minimum Gasteiger partial charge on any atom is -0.396 e. The molecule has 1 N–H and O–H groups in total. The largest absolute Gasteiger partial charge is 0.396 e. The van der Waals surface area contributed by atoms with E-state index in [2.05, 4.69) is 13.5 Å². The number of hydrogen-bond acceptors (Lipinski definition) is 3. The lowest BCUT2D eigenvalue weighted by Gasteiger charge is -2.50. The van der Waals surface area contributed by atoms with E-state index in [4.69, 9.17) is 4.74 Å². The van der Waals surface area contributed by atoms with Crippen LogP contribution in [0.3, 0.4) is 0 Å². The molecule has 3 saturated carbocycles.